The number of aryl methyl sites for hydroxylation is 2. The highest BCUT2D eigenvalue weighted by Crippen LogP contribution is 2.17. The van der Waals surface area contributed by atoms with E-state index in [-0.39, 0.29) is 12.3 Å². The van der Waals surface area contributed by atoms with Gasteiger partial charge in [0.25, 0.3) is 0 Å². The van der Waals surface area contributed by atoms with Crippen molar-refractivity contribution in [3.8, 4) is 11.4 Å². The number of nitrogens with zero attached hydrogens (tertiary/aromatic N) is 2. The van der Waals surface area contributed by atoms with Crippen LogP contribution in [0.5, 0.6) is 0 Å². The number of aromatic nitrogens is 2. The predicted molar refractivity (Wildman–Crippen MR) is 100.0 cm³/mol. The van der Waals surface area contributed by atoms with Crippen molar-refractivity contribution in [1.29, 1.82) is 0 Å². The molecule has 6 nitrogen and oxygen atoms in total. The van der Waals surface area contributed by atoms with Gasteiger partial charge in [0.1, 0.15) is 0 Å². The van der Waals surface area contributed by atoms with E-state index >= 15 is 0 Å². The molecule has 2 aromatic carbocycles. The second-order valence-corrected chi connectivity index (χ2v) is 8.02. The van der Waals surface area contributed by atoms with Crippen molar-refractivity contribution >= 4 is 10.0 Å². The molecule has 136 valence electrons. The van der Waals surface area contributed by atoms with E-state index in [4.69, 9.17) is 4.52 Å². The van der Waals surface area contributed by atoms with Crippen LogP contribution in [0, 0.1) is 13.8 Å². The molecule has 0 saturated heterocycles. The van der Waals surface area contributed by atoms with E-state index in [0.29, 0.717) is 18.1 Å². The van der Waals surface area contributed by atoms with E-state index in [2.05, 4.69) is 14.9 Å². The Kier molecular flexibility index (Phi) is 5.49. The molecule has 0 fully saturated rings. The Bertz CT molecular complexity index is 997. The van der Waals surface area contributed by atoms with Crippen molar-refractivity contribution in [2.75, 3.05) is 6.54 Å². The van der Waals surface area contributed by atoms with Crippen LogP contribution in [-0.2, 0) is 22.2 Å². The van der Waals surface area contributed by atoms with E-state index in [1.807, 2.05) is 62.4 Å². The van der Waals surface area contributed by atoms with Gasteiger partial charge in [0.2, 0.25) is 21.7 Å². The molecule has 3 rings (SSSR count). The maximum Gasteiger partial charge on any atom is 0.228 e. The van der Waals surface area contributed by atoms with Crippen molar-refractivity contribution in [3.63, 3.8) is 0 Å². The van der Waals surface area contributed by atoms with Gasteiger partial charge in [-0.25, -0.2) is 13.1 Å². The molecule has 1 heterocycles. The molecule has 1 N–H and O–H groups in total. The second-order valence-electron chi connectivity index (χ2n) is 6.21. The fourth-order valence-electron chi connectivity index (χ4n) is 2.60. The van der Waals surface area contributed by atoms with Gasteiger partial charge in [0.15, 0.2) is 0 Å². The second kappa shape index (κ2) is 7.80. The van der Waals surface area contributed by atoms with E-state index in [0.717, 1.165) is 22.3 Å². The van der Waals surface area contributed by atoms with E-state index in [9.17, 15) is 8.42 Å². The summed E-state index contributed by atoms with van der Waals surface area (Å²) in [6.45, 7) is 4.10. The SMILES string of the molecule is Cc1cccc(-c2noc(CCNS(=O)(=O)Cc3ccccc3C)n2)c1. The highest BCUT2D eigenvalue weighted by molar-refractivity contribution is 7.88. The first-order valence-electron chi connectivity index (χ1n) is 8.34. The van der Waals surface area contributed by atoms with Crippen LogP contribution in [-0.4, -0.2) is 25.1 Å². The highest BCUT2D eigenvalue weighted by Gasteiger charge is 2.14. The van der Waals surface area contributed by atoms with Gasteiger partial charge >= 0.3 is 0 Å². The summed E-state index contributed by atoms with van der Waals surface area (Å²) in [5.41, 5.74) is 3.73. The minimum absolute atomic E-state index is 0.0436. The number of hydrogen-bond acceptors (Lipinski definition) is 5. The van der Waals surface area contributed by atoms with Crippen molar-refractivity contribution in [2.24, 2.45) is 0 Å². The van der Waals surface area contributed by atoms with Crippen LogP contribution in [0.1, 0.15) is 22.6 Å². The summed E-state index contributed by atoms with van der Waals surface area (Å²) in [4.78, 5) is 4.33. The summed E-state index contributed by atoms with van der Waals surface area (Å²) in [5, 5.41) is 3.96. The fourth-order valence-corrected chi connectivity index (χ4v) is 3.85. The summed E-state index contributed by atoms with van der Waals surface area (Å²) >= 11 is 0. The molecule has 0 radical (unpaired) electrons. The maximum absolute atomic E-state index is 12.2. The average molecular weight is 371 g/mol. The first-order chi connectivity index (χ1) is 12.4. The summed E-state index contributed by atoms with van der Waals surface area (Å²) in [6.07, 6.45) is 0.339. The third-order valence-electron chi connectivity index (χ3n) is 4.01. The molecule has 0 saturated carbocycles. The molecule has 26 heavy (non-hydrogen) atoms. The molecular formula is C19H21N3O3S. The molecule has 1 aromatic heterocycles. The molecule has 0 aliphatic rings. The normalized spacial score (nSPS) is 11.6. The molecule has 0 spiro atoms. The van der Waals surface area contributed by atoms with Crippen LogP contribution in [0.2, 0.25) is 0 Å². The van der Waals surface area contributed by atoms with E-state index in [1.54, 1.807) is 0 Å². The van der Waals surface area contributed by atoms with Gasteiger partial charge in [-0.1, -0.05) is 53.2 Å². The molecule has 0 amide bonds. The third-order valence-corrected chi connectivity index (χ3v) is 5.35. The quantitative estimate of drug-likeness (QED) is 0.690. The minimum atomic E-state index is -3.42. The number of nitrogens with one attached hydrogen (secondary N) is 1. The maximum atomic E-state index is 12.2. The van der Waals surface area contributed by atoms with Gasteiger partial charge in [-0.15, -0.1) is 0 Å². The largest absolute Gasteiger partial charge is 0.339 e. The topological polar surface area (TPSA) is 85.1 Å². The van der Waals surface area contributed by atoms with Crippen LogP contribution in [0.25, 0.3) is 11.4 Å². The predicted octanol–water partition coefficient (Wildman–Crippen LogP) is 3.02. The lowest BCUT2D eigenvalue weighted by atomic mass is 10.1. The zero-order valence-electron chi connectivity index (χ0n) is 14.8. The number of rotatable bonds is 7. The Morgan fingerprint density at radius 2 is 1.88 bits per heavy atom. The zero-order chi connectivity index (χ0) is 18.6. The standard InChI is InChI=1S/C19H21N3O3S/c1-14-6-5-9-16(12-14)19-21-18(25-22-19)10-11-20-26(23,24)13-17-8-4-3-7-15(17)2/h3-9,12,20H,10-11,13H2,1-2H3. The molecule has 0 unspecified atom stereocenters. The summed E-state index contributed by atoms with van der Waals surface area (Å²) < 4.78 is 32.3. The molecule has 0 aliphatic heterocycles. The van der Waals surface area contributed by atoms with Gasteiger partial charge in [0, 0.05) is 18.5 Å². The van der Waals surface area contributed by atoms with Crippen LogP contribution in [0.3, 0.4) is 0 Å². The van der Waals surface area contributed by atoms with Crippen LogP contribution in [0.15, 0.2) is 53.1 Å². The van der Waals surface area contributed by atoms with Crippen LogP contribution < -0.4 is 4.72 Å². The number of benzene rings is 2. The lowest BCUT2D eigenvalue weighted by molar-refractivity contribution is 0.379. The van der Waals surface area contributed by atoms with Gasteiger partial charge in [0.05, 0.1) is 5.75 Å². The summed E-state index contributed by atoms with van der Waals surface area (Å²) in [7, 11) is -3.42. The Hall–Kier alpha value is -2.51. The first kappa shape index (κ1) is 18.3. The smallest absolute Gasteiger partial charge is 0.228 e. The Labute approximate surface area is 153 Å². The molecule has 0 bridgehead atoms. The Balaban J connectivity index is 1.57. The van der Waals surface area contributed by atoms with Crippen molar-refractivity contribution < 1.29 is 12.9 Å². The monoisotopic (exact) mass is 371 g/mol. The Morgan fingerprint density at radius 3 is 2.65 bits per heavy atom. The van der Waals surface area contributed by atoms with Gasteiger partial charge in [-0.05, 0) is 31.0 Å². The van der Waals surface area contributed by atoms with Gasteiger partial charge in [-0.3, -0.25) is 0 Å². The van der Waals surface area contributed by atoms with Crippen molar-refractivity contribution in [2.45, 2.75) is 26.0 Å². The van der Waals surface area contributed by atoms with E-state index in [1.165, 1.54) is 0 Å². The molecule has 0 aliphatic carbocycles. The van der Waals surface area contributed by atoms with Crippen LogP contribution in [0.4, 0.5) is 0 Å². The van der Waals surface area contributed by atoms with Gasteiger partial charge in [-0.2, -0.15) is 4.98 Å². The molecule has 7 heteroatoms. The minimum Gasteiger partial charge on any atom is -0.339 e. The fraction of sp³-hybridized carbons (Fsp3) is 0.263. The zero-order valence-corrected chi connectivity index (χ0v) is 15.6. The van der Waals surface area contributed by atoms with Crippen LogP contribution >= 0.6 is 0 Å². The van der Waals surface area contributed by atoms with E-state index < -0.39 is 10.0 Å². The first-order valence-corrected chi connectivity index (χ1v) is 10.00. The number of sulfonamides is 1. The van der Waals surface area contributed by atoms with Gasteiger partial charge < -0.3 is 4.52 Å². The Morgan fingerprint density at radius 1 is 1.08 bits per heavy atom. The van der Waals surface area contributed by atoms with Crippen molar-refractivity contribution in [3.05, 3.63) is 71.1 Å². The molecule has 3 aromatic rings. The summed E-state index contributed by atoms with van der Waals surface area (Å²) in [6, 6.07) is 15.3. The molecular weight excluding hydrogens is 350 g/mol. The lowest BCUT2D eigenvalue weighted by Crippen LogP contribution is -2.27. The van der Waals surface area contributed by atoms with Crippen molar-refractivity contribution in [1.82, 2.24) is 14.9 Å². The number of hydrogen-bond donors (Lipinski definition) is 1. The third kappa shape index (κ3) is 4.77. The average Bonchev–Trinajstić information content (AvgIpc) is 3.05. The molecule has 0 atom stereocenters. The summed E-state index contributed by atoms with van der Waals surface area (Å²) in [5.74, 6) is 0.865. The lowest BCUT2D eigenvalue weighted by Gasteiger charge is -2.07. The highest BCUT2D eigenvalue weighted by atomic mass is 32.2.